The van der Waals surface area contributed by atoms with E-state index in [1.807, 2.05) is 6.92 Å². The molecule has 0 rings (SSSR count). The topological polar surface area (TPSA) is 52.3 Å². The Hall–Kier alpha value is -0.990. The standard InChI is InChI=1S/C7H13NO2/c1-3-6(8)5-7(9)10-4-2/h5H,3-4,8H2,1-2H3/b6-5-. The second kappa shape index (κ2) is 4.85. The average Bonchev–Trinajstić information content (AvgIpc) is 1.88. The van der Waals surface area contributed by atoms with Gasteiger partial charge in [-0.05, 0) is 13.3 Å². The van der Waals surface area contributed by atoms with Crippen LogP contribution in [0.15, 0.2) is 11.8 Å². The van der Waals surface area contributed by atoms with Crippen LogP contribution < -0.4 is 5.73 Å². The van der Waals surface area contributed by atoms with Crippen LogP contribution in [0, 0.1) is 0 Å². The van der Waals surface area contributed by atoms with E-state index in [0.29, 0.717) is 18.7 Å². The van der Waals surface area contributed by atoms with Gasteiger partial charge in [-0.25, -0.2) is 4.79 Å². The first kappa shape index (κ1) is 9.01. The molecule has 0 aromatic carbocycles. The molecule has 0 bridgehead atoms. The highest BCUT2D eigenvalue weighted by molar-refractivity contribution is 5.82. The summed E-state index contributed by atoms with van der Waals surface area (Å²) in [6, 6.07) is 0. The molecule has 2 N–H and O–H groups in total. The van der Waals surface area contributed by atoms with Crippen LogP contribution in [-0.2, 0) is 9.53 Å². The third-order valence-corrected chi connectivity index (χ3v) is 0.998. The van der Waals surface area contributed by atoms with Gasteiger partial charge in [-0.1, -0.05) is 6.92 Å². The van der Waals surface area contributed by atoms with Crippen molar-refractivity contribution in [2.75, 3.05) is 6.61 Å². The summed E-state index contributed by atoms with van der Waals surface area (Å²) in [6.45, 7) is 4.03. The Morgan fingerprint density at radius 2 is 2.20 bits per heavy atom. The zero-order valence-electron chi connectivity index (χ0n) is 6.39. The van der Waals surface area contributed by atoms with Crippen LogP contribution in [0.3, 0.4) is 0 Å². The van der Waals surface area contributed by atoms with Crippen LogP contribution in [0.25, 0.3) is 0 Å². The Bertz CT molecular complexity index is 141. The first-order valence-corrected chi connectivity index (χ1v) is 3.33. The van der Waals surface area contributed by atoms with E-state index in [9.17, 15) is 4.79 Å². The van der Waals surface area contributed by atoms with E-state index in [1.54, 1.807) is 6.92 Å². The second-order valence-corrected chi connectivity index (χ2v) is 1.82. The Balaban J connectivity index is 3.75. The summed E-state index contributed by atoms with van der Waals surface area (Å²) in [5, 5.41) is 0. The third kappa shape index (κ3) is 3.95. The molecule has 0 aliphatic carbocycles. The van der Waals surface area contributed by atoms with Crippen molar-refractivity contribution >= 4 is 5.97 Å². The molecule has 0 aliphatic heterocycles. The fourth-order valence-electron chi connectivity index (χ4n) is 0.437. The predicted molar refractivity (Wildman–Crippen MR) is 39.2 cm³/mol. The molecule has 0 aromatic rings. The van der Waals surface area contributed by atoms with Crippen LogP contribution in [0.2, 0.25) is 0 Å². The van der Waals surface area contributed by atoms with Gasteiger partial charge in [0, 0.05) is 11.8 Å². The lowest BCUT2D eigenvalue weighted by atomic mass is 10.3. The number of rotatable bonds is 3. The van der Waals surface area contributed by atoms with Gasteiger partial charge in [0.15, 0.2) is 0 Å². The van der Waals surface area contributed by atoms with Gasteiger partial charge in [-0.15, -0.1) is 0 Å². The molecule has 58 valence electrons. The van der Waals surface area contributed by atoms with Crippen molar-refractivity contribution in [2.45, 2.75) is 20.3 Å². The molecule has 3 nitrogen and oxygen atoms in total. The maximum absolute atomic E-state index is 10.6. The van der Waals surface area contributed by atoms with E-state index in [2.05, 4.69) is 4.74 Å². The van der Waals surface area contributed by atoms with Crippen LogP contribution in [0.1, 0.15) is 20.3 Å². The van der Waals surface area contributed by atoms with Crippen molar-refractivity contribution in [2.24, 2.45) is 5.73 Å². The molecule has 0 fully saturated rings. The Morgan fingerprint density at radius 3 is 2.60 bits per heavy atom. The fraction of sp³-hybridized carbons (Fsp3) is 0.571. The van der Waals surface area contributed by atoms with E-state index >= 15 is 0 Å². The lowest BCUT2D eigenvalue weighted by Gasteiger charge is -1.96. The number of allylic oxidation sites excluding steroid dienone is 1. The molecule has 0 unspecified atom stereocenters. The van der Waals surface area contributed by atoms with Crippen molar-refractivity contribution in [3.05, 3.63) is 11.8 Å². The average molecular weight is 143 g/mol. The lowest BCUT2D eigenvalue weighted by molar-refractivity contribution is -0.137. The highest BCUT2D eigenvalue weighted by Crippen LogP contribution is 1.91. The largest absolute Gasteiger partial charge is 0.463 e. The molecule has 0 amide bonds. The number of nitrogens with two attached hydrogens (primary N) is 1. The molecule has 10 heavy (non-hydrogen) atoms. The number of hydrogen-bond acceptors (Lipinski definition) is 3. The van der Waals surface area contributed by atoms with E-state index in [-0.39, 0.29) is 5.97 Å². The quantitative estimate of drug-likeness (QED) is 0.469. The van der Waals surface area contributed by atoms with E-state index in [1.165, 1.54) is 6.08 Å². The minimum absolute atomic E-state index is 0.359. The van der Waals surface area contributed by atoms with Gasteiger partial charge < -0.3 is 10.5 Å². The van der Waals surface area contributed by atoms with E-state index in [0.717, 1.165) is 0 Å². The van der Waals surface area contributed by atoms with Crippen molar-refractivity contribution in [1.82, 2.24) is 0 Å². The van der Waals surface area contributed by atoms with Crippen molar-refractivity contribution in [3.8, 4) is 0 Å². The molecular weight excluding hydrogens is 130 g/mol. The van der Waals surface area contributed by atoms with Crippen LogP contribution in [0.5, 0.6) is 0 Å². The van der Waals surface area contributed by atoms with Gasteiger partial charge in [-0.3, -0.25) is 0 Å². The SMILES string of the molecule is CCOC(=O)/C=C(\N)CC. The number of carbonyl (C=O) groups excluding carboxylic acids is 1. The highest BCUT2D eigenvalue weighted by Gasteiger charge is 1.95. The molecule has 0 heterocycles. The fourth-order valence-corrected chi connectivity index (χ4v) is 0.437. The molecule has 0 radical (unpaired) electrons. The van der Waals surface area contributed by atoms with Gasteiger partial charge in [0.2, 0.25) is 0 Å². The molecule has 0 atom stereocenters. The smallest absolute Gasteiger partial charge is 0.332 e. The first-order valence-electron chi connectivity index (χ1n) is 3.33. The molecule has 0 saturated heterocycles. The van der Waals surface area contributed by atoms with E-state index < -0.39 is 0 Å². The van der Waals surface area contributed by atoms with Gasteiger partial charge in [0.1, 0.15) is 0 Å². The predicted octanol–water partition coefficient (Wildman–Crippen LogP) is 0.802. The zero-order chi connectivity index (χ0) is 7.98. The second-order valence-electron chi connectivity index (χ2n) is 1.82. The van der Waals surface area contributed by atoms with Crippen molar-refractivity contribution < 1.29 is 9.53 Å². The molecular formula is C7H13NO2. The third-order valence-electron chi connectivity index (χ3n) is 0.998. The lowest BCUT2D eigenvalue weighted by Crippen LogP contribution is -2.04. The van der Waals surface area contributed by atoms with Crippen molar-refractivity contribution in [1.29, 1.82) is 0 Å². The molecule has 0 spiro atoms. The van der Waals surface area contributed by atoms with Crippen LogP contribution in [0.4, 0.5) is 0 Å². The maximum atomic E-state index is 10.6. The Labute approximate surface area is 60.9 Å². The summed E-state index contributed by atoms with van der Waals surface area (Å²) in [6.07, 6.45) is 1.99. The molecule has 0 saturated carbocycles. The highest BCUT2D eigenvalue weighted by atomic mass is 16.5. The van der Waals surface area contributed by atoms with Gasteiger partial charge in [0.05, 0.1) is 6.61 Å². The summed E-state index contributed by atoms with van der Waals surface area (Å²) in [5.41, 5.74) is 5.92. The normalized spacial score (nSPS) is 11.2. The Kier molecular flexibility index (Phi) is 4.37. The minimum Gasteiger partial charge on any atom is -0.463 e. The summed E-state index contributed by atoms with van der Waals surface area (Å²) < 4.78 is 4.62. The summed E-state index contributed by atoms with van der Waals surface area (Å²) in [4.78, 5) is 10.6. The number of carbonyl (C=O) groups is 1. The first-order chi connectivity index (χ1) is 4.70. The molecule has 3 heteroatoms. The van der Waals surface area contributed by atoms with Crippen LogP contribution >= 0.6 is 0 Å². The number of hydrogen-bond donors (Lipinski definition) is 1. The molecule has 0 aromatic heterocycles. The van der Waals surface area contributed by atoms with Gasteiger partial charge in [0.25, 0.3) is 0 Å². The summed E-state index contributed by atoms with van der Waals surface area (Å²) >= 11 is 0. The summed E-state index contributed by atoms with van der Waals surface area (Å²) in [5.74, 6) is -0.359. The number of ether oxygens (including phenoxy) is 1. The van der Waals surface area contributed by atoms with Gasteiger partial charge in [-0.2, -0.15) is 0 Å². The minimum atomic E-state index is -0.359. The van der Waals surface area contributed by atoms with Crippen LogP contribution in [-0.4, -0.2) is 12.6 Å². The molecule has 0 aliphatic rings. The number of esters is 1. The van der Waals surface area contributed by atoms with Gasteiger partial charge >= 0.3 is 5.97 Å². The summed E-state index contributed by atoms with van der Waals surface area (Å²) in [7, 11) is 0. The zero-order valence-corrected chi connectivity index (χ0v) is 6.39. The Morgan fingerprint density at radius 1 is 1.60 bits per heavy atom. The van der Waals surface area contributed by atoms with Crippen molar-refractivity contribution in [3.63, 3.8) is 0 Å². The van der Waals surface area contributed by atoms with E-state index in [4.69, 9.17) is 5.73 Å². The monoisotopic (exact) mass is 143 g/mol. The maximum Gasteiger partial charge on any atom is 0.332 e.